The molecule has 6 aliphatic rings. The van der Waals surface area contributed by atoms with Crippen LogP contribution < -0.4 is 10.6 Å². The van der Waals surface area contributed by atoms with Crippen molar-refractivity contribution in [3.63, 3.8) is 0 Å². The maximum Gasteiger partial charge on any atom is 0.104 e. The summed E-state index contributed by atoms with van der Waals surface area (Å²) < 4.78 is 0. The van der Waals surface area contributed by atoms with Gasteiger partial charge in [0, 0.05) is 33.1 Å². The van der Waals surface area contributed by atoms with Crippen LogP contribution in [0, 0.1) is 11.8 Å². The zero-order chi connectivity index (χ0) is 33.1. The van der Waals surface area contributed by atoms with Crippen LogP contribution in [0.3, 0.4) is 0 Å². The highest BCUT2D eigenvalue weighted by molar-refractivity contribution is 8.04. The fourth-order valence-corrected chi connectivity index (χ4v) is 11.7. The Morgan fingerprint density at radius 1 is 0.714 bits per heavy atom. The average molecular weight is 657 g/mol. The van der Waals surface area contributed by atoms with Gasteiger partial charge in [0.15, 0.2) is 0 Å². The van der Waals surface area contributed by atoms with Crippen molar-refractivity contribution in [3.05, 3.63) is 171 Å². The molecule has 0 aromatic heterocycles. The SMILES string of the molecule is CC1(C)C2=CC3C(C=C2c2ccc(-c4ccc(C5NC(c6ccccc6)NC6=C5SC5CC=CCC65)cc4)cc21)c1ccccc1C3(C)C. The fraction of sp³-hybridized carbons (Fsp3) is 0.304. The van der Waals surface area contributed by atoms with Crippen molar-refractivity contribution in [2.24, 2.45) is 11.8 Å². The van der Waals surface area contributed by atoms with Crippen LogP contribution in [-0.4, -0.2) is 5.25 Å². The first-order valence-corrected chi connectivity index (χ1v) is 19.1. The highest BCUT2D eigenvalue weighted by Crippen LogP contribution is 2.61. The third kappa shape index (κ3) is 4.38. The van der Waals surface area contributed by atoms with Crippen LogP contribution >= 0.6 is 11.8 Å². The van der Waals surface area contributed by atoms with Gasteiger partial charge in [-0.15, -0.1) is 11.8 Å². The molecule has 2 nitrogen and oxygen atoms in total. The van der Waals surface area contributed by atoms with Crippen molar-refractivity contribution in [1.82, 2.24) is 10.6 Å². The summed E-state index contributed by atoms with van der Waals surface area (Å²) in [4.78, 5) is 1.48. The predicted molar refractivity (Wildman–Crippen MR) is 205 cm³/mol. The second-order valence-corrected chi connectivity index (χ2v) is 17.4. The van der Waals surface area contributed by atoms with E-state index in [1.807, 2.05) is 0 Å². The summed E-state index contributed by atoms with van der Waals surface area (Å²) in [5.74, 6) is 1.50. The zero-order valence-electron chi connectivity index (χ0n) is 28.8. The lowest BCUT2D eigenvalue weighted by Crippen LogP contribution is -2.42. The van der Waals surface area contributed by atoms with Crippen LogP contribution in [0.15, 0.2) is 138 Å². The number of hydrogen-bond donors (Lipinski definition) is 2. The van der Waals surface area contributed by atoms with E-state index >= 15 is 0 Å². The van der Waals surface area contributed by atoms with E-state index in [1.54, 1.807) is 0 Å². The third-order valence-corrected chi connectivity index (χ3v) is 14.3. The molecule has 2 aliphatic heterocycles. The van der Waals surface area contributed by atoms with Crippen molar-refractivity contribution in [1.29, 1.82) is 0 Å². The molecule has 49 heavy (non-hydrogen) atoms. The standard InChI is InChI=1S/C46H44N2S/c1-45(2)36-16-10-8-14-31(36)34-25-35-32-23-22-30(24-37(32)46(3,4)39(35)26-38(34)45)27-18-20-28(21-19-27)41-43-42(33-15-9-11-17-40(33)49-43)48-44(47-41)29-12-6-5-7-13-29/h5-14,16,18-26,33-34,38,40-41,44,47-48H,15,17H2,1-4H3. The lowest BCUT2D eigenvalue weighted by atomic mass is 9.69. The number of fused-ring (bicyclic) bond motifs is 8. The predicted octanol–water partition coefficient (Wildman–Crippen LogP) is 10.9. The van der Waals surface area contributed by atoms with Gasteiger partial charge in [-0.25, -0.2) is 0 Å². The molecule has 4 aliphatic carbocycles. The molecule has 0 saturated carbocycles. The molecular formula is C46H44N2S. The Balaban J connectivity index is 0.985. The molecule has 2 N–H and O–H groups in total. The molecular weight excluding hydrogens is 613 g/mol. The number of benzene rings is 4. The van der Waals surface area contributed by atoms with Crippen LogP contribution in [0.25, 0.3) is 16.7 Å². The Bertz CT molecular complexity index is 2130. The van der Waals surface area contributed by atoms with Crippen LogP contribution in [0.1, 0.15) is 92.0 Å². The summed E-state index contributed by atoms with van der Waals surface area (Å²) in [7, 11) is 0. The first kappa shape index (κ1) is 29.8. The summed E-state index contributed by atoms with van der Waals surface area (Å²) in [6.07, 6.45) is 12.4. The number of hydrogen-bond acceptors (Lipinski definition) is 3. The van der Waals surface area contributed by atoms with Gasteiger partial charge in [-0.05, 0) is 85.9 Å². The molecule has 10 rings (SSSR count). The van der Waals surface area contributed by atoms with Crippen molar-refractivity contribution >= 4 is 17.3 Å². The Morgan fingerprint density at radius 2 is 1.47 bits per heavy atom. The highest BCUT2D eigenvalue weighted by Gasteiger charge is 2.50. The molecule has 0 radical (unpaired) electrons. The van der Waals surface area contributed by atoms with Gasteiger partial charge in [-0.2, -0.15) is 0 Å². The summed E-state index contributed by atoms with van der Waals surface area (Å²) in [5.41, 5.74) is 15.6. The van der Waals surface area contributed by atoms with Gasteiger partial charge < -0.3 is 5.32 Å². The van der Waals surface area contributed by atoms with Crippen LogP contribution in [-0.2, 0) is 10.8 Å². The second-order valence-electron chi connectivity index (χ2n) is 16.1. The van der Waals surface area contributed by atoms with Crippen LogP contribution in [0.5, 0.6) is 0 Å². The largest absolute Gasteiger partial charge is 0.368 e. The van der Waals surface area contributed by atoms with E-state index in [-0.39, 0.29) is 23.0 Å². The molecule has 244 valence electrons. The molecule has 4 aromatic carbocycles. The van der Waals surface area contributed by atoms with E-state index in [4.69, 9.17) is 0 Å². The molecule has 0 saturated heterocycles. The molecule has 4 aromatic rings. The van der Waals surface area contributed by atoms with Crippen LogP contribution in [0.2, 0.25) is 0 Å². The van der Waals surface area contributed by atoms with Gasteiger partial charge in [0.05, 0.1) is 6.04 Å². The van der Waals surface area contributed by atoms with Gasteiger partial charge in [0.2, 0.25) is 0 Å². The molecule has 0 spiro atoms. The van der Waals surface area contributed by atoms with E-state index in [2.05, 4.69) is 171 Å². The Hall–Kier alpha value is -4.05. The van der Waals surface area contributed by atoms with Gasteiger partial charge in [-0.1, -0.05) is 143 Å². The van der Waals surface area contributed by atoms with Gasteiger partial charge >= 0.3 is 0 Å². The van der Waals surface area contributed by atoms with E-state index in [1.165, 1.54) is 66.3 Å². The van der Waals surface area contributed by atoms with Crippen LogP contribution in [0.4, 0.5) is 0 Å². The smallest absolute Gasteiger partial charge is 0.104 e. The second kappa shape index (κ2) is 10.7. The van der Waals surface area contributed by atoms with Crippen molar-refractivity contribution < 1.29 is 0 Å². The lowest BCUT2D eigenvalue weighted by molar-refractivity contribution is 0.381. The van der Waals surface area contributed by atoms with Gasteiger partial charge in [0.25, 0.3) is 0 Å². The molecule has 0 bridgehead atoms. The van der Waals surface area contributed by atoms with E-state index in [9.17, 15) is 0 Å². The first-order valence-electron chi connectivity index (χ1n) is 18.2. The quantitative estimate of drug-likeness (QED) is 0.215. The molecule has 0 fully saturated rings. The van der Waals surface area contributed by atoms with E-state index < -0.39 is 0 Å². The van der Waals surface area contributed by atoms with Crippen molar-refractivity contribution in [2.45, 2.75) is 74.7 Å². The molecule has 0 amide bonds. The van der Waals surface area contributed by atoms with Gasteiger partial charge in [0.1, 0.15) is 6.17 Å². The Morgan fingerprint density at radius 3 is 2.31 bits per heavy atom. The Kier molecular flexibility index (Phi) is 6.53. The highest BCUT2D eigenvalue weighted by atomic mass is 32.2. The zero-order valence-corrected chi connectivity index (χ0v) is 29.7. The molecule has 2 heterocycles. The van der Waals surface area contributed by atoms with E-state index in [0.29, 0.717) is 23.0 Å². The minimum Gasteiger partial charge on any atom is -0.368 e. The number of nitrogens with one attached hydrogen (secondary N) is 2. The Labute approximate surface area is 295 Å². The summed E-state index contributed by atoms with van der Waals surface area (Å²) in [6, 6.07) is 36.9. The molecule has 3 heteroatoms. The monoisotopic (exact) mass is 656 g/mol. The first-order chi connectivity index (χ1) is 23.8. The third-order valence-electron chi connectivity index (χ3n) is 12.8. The minimum absolute atomic E-state index is 0.0351. The maximum atomic E-state index is 4.01. The summed E-state index contributed by atoms with van der Waals surface area (Å²) >= 11 is 2.10. The number of rotatable bonds is 3. The normalized spacial score (nSPS) is 29.5. The van der Waals surface area contributed by atoms with E-state index in [0.717, 1.165) is 12.8 Å². The van der Waals surface area contributed by atoms with Crippen molar-refractivity contribution in [2.75, 3.05) is 0 Å². The lowest BCUT2D eigenvalue weighted by Gasteiger charge is -2.36. The van der Waals surface area contributed by atoms with Crippen molar-refractivity contribution in [3.8, 4) is 11.1 Å². The topological polar surface area (TPSA) is 24.1 Å². The maximum absolute atomic E-state index is 4.01. The summed E-state index contributed by atoms with van der Waals surface area (Å²) in [6.45, 7) is 9.75. The molecule has 6 unspecified atom stereocenters. The minimum atomic E-state index is -0.0351. The average Bonchev–Trinajstić information content (AvgIpc) is 3.70. The fourth-order valence-electron chi connectivity index (χ4n) is 10.1. The molecule has 6 atom stereocenters. The number of thioether (sulfide) groups is 1. The summed E-state index contributed by atoms with van der Waals surface area (Å²) in [5, 5.41) is 8.58. The van der Waals surface area contributed by atoms with Gasteiger partial charge in [-0.3, -0.25) is 5.32 Å². The number of allylic oxidation sites excluding steroid dienone is 7.